The van der Waals surface area contributed by atoms with Gasteiger partial charge in [-0.05, 0) is 19.1 Å². The summed E-state index contributed by atoms with van der Waals surface area (Å²) in [7, 11) is 0. The molecule has 3 heterocycles. The number of aromatic nitrogens is 3. The Morgan fingerprint density at radius 3 is 2.76 bits per heavy atom. The van der Waals surface area contributed by atoms with Gasteiger partial charge in [-0.3, -0.25) is 14.6 Å². The number of nitrogens with zero attached hydrogens (tertiary/aromatic N) is 2. The van der Waals surface area contributed by atoms with Crippen LogP contribution >= 0.6 is 11.8 Å². The number of H-pyrrole nitrogens is 2. The predicted molar refractivity (Wildman–Crippen MR) is 104 cm³/mol. The molecule has 0 saturated heterocycles. The van der Waals surface area contributed by atoms with Crippen LogP contribution in [0.25, 0.3) is 10.9 Å². The first-order valence-corrected chi connectivity index (χ1v) is 9.33. The fraction of sp³-hybridized carbons (Fsp3) is 0.167. The zero-order valence-corrected chi connectivity index (χ0v) is 15.8. The molecule has 1 aliphatic heterocycles. The molecule has 2 aromatic heterocycles. The summed E-state index contributed by atoms with van der Waals surface area (Å²) in [5.41, 5.74) is -0.220. The van der Waals surface area contributed by atoms with Crippen LogP contribution in [0.3, 0.4) is 0 Å². The van der Waals surface area contributed by atoms with Crippen molar-refractivity contribution in [1.82, 2.24) is 15.0 Å². The summed E-state index contributed by atoms with van der Waals surface area (Å²) >= 11 is 1.06. The molecule has 0 saturated carbocycles. The second kappa shape index (κ2) is 7.33. The van der Waals surface area contributed by atoms with Gasteiger partial charge >= 0.3 is 5.69 Å². The second-order valence-electron chi connectivity index (χ2n) is 6.10. The van der Waals surface area contributed by atoms with E-state index in [0.29, 0.717) is 27.6 Å². The Bertz CT molecular complexity index is 1310. The smallest absolute Gasteiger partial charge is 0.326 e. The molecular weight excluding hydrogens is 398 g/mol. The summed E-state index contributed by atoms with van der Waals surface area (Å²) in [4.78, 5) is 44.2. The van der Waals surface area contributed by atoms with E-state index in [2.05, 4.69) is 26.3 Å². The minimum absolute atomic E-state index is 0.0325. The Balaban J connectivity index is 1.55. The Labute approximate surface area is 166 Å². The number of nitriles is 1. The highest BCUT2D eigenvalue weighted by atomic mass is 32.2. The molecule has 0 spiro atoms. The number of carbonyl (C=O) groups excluding carboxylic acids is 1. The molecule has 10 nitrogen and oxygen atoms in total. The van der Waals surface area contributed by atoms with Crippen molar-refractivity contribution < 1.29 is 14.3 Å². The summed E-state index contributed by atoms with van der Waals surface area (Å²) in [5, 5.41) is 13.0. The lowest BCUT2D eigenvalue weighted by atomic mass is 10.1. The van der Waals surface area contributed by atoms with Crippen LogP contribution in [0, 0.1) is 18.3 Å². The summed E-state index contributed by atoms with van der Waals surface area (Å²) in [5.74, 6) is 0.586. The van der Waals surface area contributed by atoms with E-state index in [-0.39, 0.29) is 23.9 Å². The molecule has 0 bridgehead atoms. The van der Waals surface area contributed by atoms with E-state index in [1.54, 1.807) is 18.2 Å². The van der Waals surface area contributed by atoms with Crippen LogP contribution < -0.4 is 26.0 Å². The fourth-order valence-electron chi connectivity index (χ4n) is 2.80. The fourth-order valence-corrected chi connectivity index (χ4v) is 3.56. The lowest BCUT2D eigenvalue weighted by molar-refractivity contribution is -0.113. The Hall–Kier alpha value is -3.78. The van der Waals surface area contributed by atoms with E-state index in [1.165, 1.54) is 6.92 Å². The number of aromatic amines is 2. The highest BCUT2D eigenvalue weighted by Gasteiger charge is 2.17. The molecule has 146 valence electrons. The molecule has 1 aromatic carbocycles. The van der Waals surface area contributed by atoms with Gasteiger partial charge in [-0.25, -0.2) is 9.78 Å². The van der Waals surface area contributed by atoms with Crippen LogP contribution in [0.1, 0.15) is 11.3 Å². The zero-order valence-electron chi connectivity index (χ0n) is 15.0. The lowest BCUT2D eigenvalue weighted by Crippen LogP contribution is -2.29. The van der Waals surface area contributed by atoms with Gasteiger partial charge in [0.1, 0.15) is 16.8 Å². The van der Waals surface area contributed by atoms with E-state index in [1.807, 2.05) is 0 Å². The van der Waals surface area contributed by atoms with E-state index in [0.717, 1.165) is 17.1 Å². The number of hydrogen-bond donors (Lipinski definition) is 3. The first-order valence-electron chi connectivity index (χ1n) is 8.35. The number of fused-ring (bicyclic) bond motifs is 2. The molecule has 0 fully saturated rings. The lowest BCUT2D eigenvalue weighted by Gasteiger charge is -2.08. The molecule has 0 atom stereocenters. The first kappa shape index (κ1) is 18.6. The summed E-state index contributed by atoms with van der Waals surface area (Å²) in [6.07, 6.45) is 0. The molecular formula is C18H13N5O5S. The summed E-state index contributed by atoms with van der Waals surface area (Å²) in [6.45, 7) is 1.63. The maximum atomic E-state index is 12.3. The van der Waals surface area contributed by atoms with E-state index >= 15 is 0 Å². The SMILES string of the molecule is Cc1[nH]c(=O)[nH]c(=O)c1NC(=O)CSc1nc2cc3c(cc2cc1C#N)OCO3. The van der Waals surface area contributed by atoms with Gasteiger partial charge < -0.3 is 19.8 Å². The number of anilines is 1. The number of pyridine rings is 1. The van der Waals surface area contributed by atoms with E-state index in [4.69, 9.17) is 9.47 Å². The third-order valence-corrected chi connectivity index (χ3v) is 5.12. The number of benzene rings is 1. The standard InChI is InChI=1S/C18H13N5O5S/c1-8-15(16(25)23-18(26)20-8)22-14(24)6-29-17-10(5-19)2-9-3-12-13(28-7-27-12)4-11(9)21-17/h2-4H,6-7H2,1H3,(H,22,24)(H2,20,23,25,26). The van der Waals surface area contributed by atoms with Gasteiger partial charge in [0.2, 0.25) is 12.7 Å². The van der Waals surface area contributed by atoms with Gasteiger partial charge in [-0.2, -0.15) is 5.26 Å². The molecule has 1 amide bonds. The molecule has 0 radical (unpaired) electrons. The van der Waals surface area contributed by atoms with E-state index in [9.17, 15) is 19.6 Å². The molecule has 11 heteroatoms. The maximum Gasteiger partial charge on any atom is 0.326 e. The topological polar surface area (TPSA) is 150 Å². The first-order chi connectivity index (χ1) is 13.9. The van der Waals surface area contributed by atoms with Crippen LogP contribution in [-0.4, -0.2) is 33.4 Å². The van der Waals surface area contributed by atoms with Gasteiger partial charge in [-0.15, -0.1) is 0 Å². The molecule has 0 unspecified atom stereocenters. The molecule has 1 aliphatic rings. The van der Waals surface area contributed by atoms with Crippen LogP contribution in [-0.2, 0) is 4.79 Å². The van der Waals surface area contributed by atoms with Crippen molar-refractivity contribution in [2.24, 2.45) is 0 Å². The van der Waals surface area contributed by atoms with Gasteiger partial charge in [0, 0.05) is 17.1 Å². The number of nitrogens with one attached hydrogen (secondary N) is 3. The normalized spacial score (nSPS) is 12.0. The Morgan fingerprint density at radius 2 is 2.03 bits per heavy atom. The van der Waals surface area contributed by atoms with Crippen molar-refractivity contribution in [3.8, 4) is 17.6 Å². The maximum absolute atomic E-state index is 12.3. The van der Waals surface area contributed by atoms with Crippen molar-refractivity contribution in [3.63, 3.8) is 0 Å². The van der Waals surface area contributed by atoms with Crippen LogP contribution in [0.5, 0.6) is 11.5 Å². The average molecular weight is 411 g/mol. The molecule has 0 aliphatic carbocycles. The highest BCUT2D eigenvalue weighted by molar-refractivity contribution is 8.00. The second-order valence-corrected chi connectivity index (χ2v) is 7.06. The molecule has 29 heavy (non-hydrogen) atoms. The van der Waals surface area contributed by atoms with Gasteiger partial charge in [0.25, 0.3) is 5.56 Å². The number of amides is 1. The summed E-state index contributed by atoms with van der Waals surface area (Å²) in [6, 6.07) is 7.20. The third-order valence-electron chi connectivity index (χ3n) is 4.13. The Morgan fingerprint density at radius 1 is 1.28 bits per heavy atom. The average Bonchev–Trinajstić information content (AvgIpc) is 3.13. The van der Waals surface area contributed by atoms with Crippen molar-refractivity contribution in [1.29, 1.82) is 5.26 Å². The van der Waals surface area contributed by atoms with Crippen molar-refractivity contribution in [3.05, 3.63) is 50.3 Å². The monoisotopic (exact) mass is 411 g/mol. The molecule has 4 rings (SSSR count). The van der Waals surface area contributed by atoms with Gasteiger partial charge in [-0.1, -0.05) is 11.8 Å². The van der Waals surface area contributed by atoms with Gasteiger partial charge in [0.15, 0.2) is 11.5 Å². The van der Waals surface area contributed by atoms with Crippen LogP contribution in [0.2, 0.25) is 0 Å². The number of carbonyl (C=O) groups is 1. The number of hydrogen-bond acceptors (Lipinski definition) is 8. The number of thioether (sulfide) groups is 1. The van der Waals surface area contributed by atoms with Gasteiger partial charge in [0.05, 0.1) is 16.8 Å². The van der Waals surface area contributed by atoms with Crippen molar-refractivity contribution in [2.75, 3.05) is 17.9 Å². The van der Waals surface area contributed by atoms with Crippen LogP contribution in [0.4, 0.5) is 5.69 Å². The van der Waals surface area contributed by atoms with E-state index < -0.39 is 17.2 Å². The minimum atomic E-state index is -0.692. The zero-order chi connectivity index (χ0) is 20.5. The predicted octanol–water partition coefficient (Wildman–Crippen LogP) is 1.25. The highest BCUT2D eigenvalue weighted by Crippen LogP contribution is 2.36. The van der Waals surface area contributed by atoms with Crippen molar-refractivity contribution in [2.45, 2.75) is 11.9 Å². The Kier molecular flexibility index (Phi) is 4.69. The minimum Gasteiger partial charge on any atom is -0.454 e. The largest absolute Gasteiger partial charge is 0.454 e. The quantitative estimate of drug-likeness (QED) is 0.543. The number of ether oxygens (including phenoxy) is 2. The number of rotatable bonds is 4. The van der Waals surface area contributed by atoms with Crippen LogP contribution in [0.15, 0.2) is 32.8 Å². The molecule has 3 aromatic rings. The summed E-state index contributed by atoms with van der Waals surface area (Å²) < 4.78 is 10.7. The number of aryl methyl sites for hydroxylation is 1. The molecule has 3 N–H and O–H groups in total. The van der Waals surface area contributed by atoms with Crippen molar-refractivity contribution >= 4 is 34.3 Å². The third kappa shape index (κ3) is 3.65.